The Morgan fingerprint density at radius 3 is 2.48 bits per heavy atom. The Morgan fingerprint density at radius 2 is 1.74 bits per heavy atom. The highest BCUT2D eigenvalue weighted by Crippen LogP contribution is 2.19. The van der Waals surface area contributed by atoms with Crippen LogP contribution in [0.25, 0.3) is 0 Å². The van der Waals surface area contributed by atoms with Crippen LogP contribution in [0, 0.1) is 0 Å². The van der Waals surface area contributed by atoms with Crippen LogP contribution in [0.3, 0.4) is 0 Å². The predicted octanol–water partition coefficient (Wildman–Crippen LogP) is 2.46. The molecule has 7 heteroatoms. The van der Waals surface area contributed by atoms with E-state index in [-0.39, 0.29) is 17.5 Å². The maximum absolute atomic E-state index is 12.7. The van der Waals surface area contributed by atoms with Gasteiger partial charge in [0.05, 0.1) is 18.8 Å². The molecular formula is C20H19N5O2. The smallest absolute Gasteiger partial charge is 0.278 e. The molecule has 2 aromatic carbocycles. The van der Waals surface area contributed by atoms with E-state index in [9.17, 15) is 9.59 Å². The van der Waals surface area contributed by atoms with Gasteiger partial charge in [-0.25, -0.2) is 4.68 Å². The average Bonchev–Trinajstić information content (AvgIpc) is 3.03. The Bertz CT molecular complexity index is 953. The van der Waals surface area contributed by atoms with E-state index in [1.165, 1.54) is 0 Å². The monoisotopic (exact) mass is 361 g/mol. The minimum atomic E-state index is -0.323. The summed E-state index contributed by atoms with van der Waals surface area (Å²) in [5, 5.41) is 11.0. The maximum Gasteiger partial charge on any atom is 0.278 e. The van der Waals surface area contributed by atoms with Gasteiger partial charge in [-0.05, 0) is 17.7 Å². The Labute approximate surface area is 156 Å². The van der Waals surface area contributed by atoms with Gasteiger partial charge >= 0.3 is 0 Å². The fraction of sp³-hybridized carbons (Fsp3) is 0.200. The molecule has 3 aromatic rings. The number of carbonyl (C=O) groups excluding carboxylic acids is 2. The molecule has 0 saturated carbocycles. The van der Waals surface area contributed by atoms with E-state index in [0.717, 1.165) is 5.56 Å². The Kier molecular flexibility index (Phi) is 4.65. The number of rotatable bonds is 4. The number of nitrogens with zero attached hydrogens (tertiary/aromatic N) is 4. The van der Waals surface area contributed by atoms with Gasteiger partial charge in [0.1, 0.15) is 0 Å². The first-order chi connectivity index (χ1) is 13.2. The van der Waals surface area contributed by atoms with Gasteiger partial charge in [-0.1, -0.05) is 53.7 Å². The van der Waals surface area contributed by atoms with E-state index in [1.54, 1.807) is 9.58 Å². The second-order valence-corrected chi connectivity index (χ2v) is 6.41. The normalized spacial score (nSPS) is 13.8. The molecule has 2 amide bonds. The summed E-state index contributed by atoms with van der Waals surface area (Å²) < 4.78 is 1.66. The molecule has 0 atom stereocenters. The quantitative estimate of drug-likeness (QED) is 0.774. The fourth-order valence-corrected chi connectivity index (χ4v) is 3.13. The van der Waals surface area contributed by atoms with Crippen molar-refractivity contribution in [2.45, 2.75) is 26.1 Å². The van der Waals surface area contributed by atoms with Crippen molar-refractivity contribution in [1.82, 2.24) is 19.9 Å². The third kappa shape index (κ3) is 3.72. The van der Waals surface area contributed by atoms with Crippen LogP contribution in [0.1, 0.15) is 28.2 Å². The zero-order valence-electron chi connectivity index (χ0n) is 14.7. The maximum atomic E-state index is 12.7. The lowest BCUT2D eigenvalue weighted by Gasteiger charge is -2.20. The number of carbonyl (C=O) groups is 2. The number of aromatic nitrogens is 3. The molecule has 0 saturated heterocycles. The van der Waals surface area contributed by atoms with Crippen LogP contribution >= 0.6 is 0 Å². The van der Waals surface area contributed by atoms with Gasteiger partial charge in [-0.3, -0.25) is 9.59 Å². The number of para-hydroxylation sites is 1. The number of amides is 2. The third-order valence-electron chi connectivity index (χ3n) is 4.53. The number of anilines is 1. The number of benzene rings is 2. The molecule has 1 aliphatic rings. The summed E-state index contributed by atoms with van der Waals surface area (Å²) in [6.45, 7) is 1.22. The number of hydrogen-bond acceptors (Lipinski definition) is 4. The van der Waals surface area contributed by atoms with Gasteiger partial charge in [0.2, 0.25) is 5.91 Å². The lowest BCUT2D eigenvalue weighted by molar-refractivity contribution is -0.132. The van der Waals surface area contributed by atoms with Crippen LogP contribution in [0.2, 0.25) is 0 Å². The molecule has 27 heavy (non-hydrogen) atoms. The summed E-state index contributed by atoms with van der Waals surface area (Å²) in [6.07, 6.45) is 0.336. The van der Waals surface area contributed by atoms with Crippen LogP contribution in [0.15, 0.2) is 60.7 Å². The number of nitrogens with one attached hydrogen (secondary N) is 1. The summed E-state index contributed by atoms with van der Waals surface area (Å²) in [4.78, 5) is 26.9. The molecule has 1 aromatic heterocycles. The molecule has 2 heterocycles. The molecule has 0 aliphatic carbocycles. The second-order valence-electron chi connectivity index (χ2n) is 6.41. The van der Waals surface area contributed by atoms with E-state index in [4.69, 9.17) is 0 Å². The Morgan fingerprint density at radius 1 is 1.04 bits per heavy atom. The largest absolute Gasteiger partial charge is 0.332 e. The first-order valence-electron chi connectivity index (χ1n) is 8.81. The van der Waals surface area contributed by atoms with E-state index in [2.05, 4.69) is 15.6 Å². The van der Waals surface area contributed by atoms with Crippen molar-refractivity contribution in [2.24, 2.45) is 0 Å². The molecule has 0 unspecified atom stereocenters. The van der Waals surface area contributed by atoms with E-state index in [1.807, 2.05) is 60.7 Å². The van der Waals surface area contributed by atoms with Gasteiger partial charge in [0.25, 0.3) is 5.91 Å². The van der Waals surface area contributed by atoms with Crippen LogP contribution < -0.4 is 5.32 Å². The van der Waals surface area contributed by atoms with Crippen molar-refractivity contribution in [3.05, 3.63) is 77.6 Å². The molecule has 1 aliphatic heterocycles. The summed E-state index contributed by atoms with van der Waals surface area (Å²) in [6, 6.07) is 19.0. The molecule has 0 radical (unpaired) electrons. The van der Waals surface area contributed by atoms with Crippen LogP contribution in [0.5, 0.6) is 0 Å². The lowest BCUT2D eigenvalue weighted by atomic mass is 10.2. The summed E-state index contributed by atoms with van der Waals surface area (Å²) in [5.41, 5.74) is 2.65. The first kappa shape index (κ1) is 17.0. The topological polar surface area (TPSA) is 80.1 Å². The SMILES string of the molecule is O=C(Nc1ccccc1)c1nnn2c1CN(Cc1ccccc1)C(=O)CC2. The number of fused-ring (bicyclic) bond motifs is 1. The van der Waals surface area contributed by atoms with Crippen molar-refractivity contribution >= 4 is 17.5 Å². The van der Waals surface area contributed by atoms with Gasteiger partial charge in [0, 0.05) is 18.7 Å². The Balaban J connectivity index is 1.57. The van der Waals surface area contributed by atoms with Crippen molar-refractivity contribution < 1.29 is 9.59 Å². The van der Waals surface area contributed by atoms with E-state index >= 15 is 0 Å². The minimum Gasteiger partial charge on any atom is -0.332 e. The standard InChI is InChI=1S/C20H19N5O2/c26-18-11-12-25-17(14-24(18)13-15-7-3-1-4-8-15)19(22-23-25)20(27)21-16-9-5-2-6-10-16/h1-10H,11-14H2,(H,21,27). The van der Waals surface area contributed by atoms with Crippen molar-refractivity contribution in [2.75, 3.05) is 5.32 Å². The molecule has 136 valence electrons. The molecule has 1 N–H and O–H groups in total. The molecular weight excluding hydrogens is 342 g/mol. The average molecular weight is 361 g/mol. The molecule has 0 fully saturated rings. The zero-order valence-corrected chi connectivity index (χ0v) is 14.7. The number of hydrogen-bond donors (Lipinski definition) is 1. The number of aryl methyl sites for hydroxylation is 1. The summed E-state index contributed by atoms with van der Waals surface area (Å²) in [5.74, 6) is -0.282. The van der Waals surface area contributed by atoms with Crippen molar-refractivity contribution in [3.8, 4) is 0 Å². The summed E-state index contributed by atoms with van der Waals surface area (Å²) >= 11 is 0. The molecule has 4 rings (SSSR count). The first-order valence-corrected chi connectivity index (χ1v) is 8.81. The van der Waals surface area contributed by atoms with Crippen LogP contribution in [-0.2, 0) is 24.4 Å². The second kappa shape index (κ2) is 7.41. The van der Waals surface area contributed by atoms with Crippen molar-refractivity contribution in [1.29, 1.82) is 0 Å². The van der Waals surface area contributed by atoms with Gasteiger partial charge < -0.3 is 10.2 Å². The fourth-order valence-electron chi connectivity index (χ4n) is 3.13. The predicted molar refractivity (Wildman–Crippen MR) is 99.7 cm³/mol. The highest BCUT2D eigenvalue weighted by Gasteiger charge is 2.27. The van der Waals surface area contributed by atoms with Crippen molar-refractivity contribution in [3.63, 3.8) is 0 Å². The van der Waals surface area contributed by atoms with E-state index in [0.29, 0.717) is 37.4 Å². The van der Waals surface area contributed by atoms with Crippen LogP contribution in [-0.4, -0.2) is 31.7 Å². The molecule has 0 bridgehead atoms. The third-order valence-corrected chi connectivity index (χ3v) is 4.53. The zero-order chi connectivity index (χ0) is 18.6. The molecule has 0 spiro atoms. The highest BCUT2D eigenvalue weighted by atomic mass is 16.2. The van der Waals surface area contributed by atoms with Crippen LogP contribution in [0.4, 0.5) is 5.69 Å². The lowest BCUT2D eigenvalue weighted by Crippen LogP contribution is -2.29. The van der Waals surface area contributed by atoms with Gasteiger partial charge in [-0.15, -0.1) is 5.10 Å². The Hall–Kier alpha value is -3.48. The van der Waals surface area contributed by atoms with E-state index < -0.39 is 0 Å². The van der Waals surface area contributed by atoms with Gasteiger partial charge in [-0.2, -0.15) is 0 Å². The highest BCUT2D eigenvalue weighted by molar-refractivity contribution is 6.03. The minimum absolute atomic E-state index is 0.0405. The molecule has 7 nitrogen and oxygen atoms in total. The summed E-state index contributed by atoms with van der Waals surface area (Å²) in [7, 11) is 0. The van der Waals surface area contributed by atoms with Gasteiger partial charge in [0.15, 0.2) is 5.69 Å².